The predicted molar refractivity (Wildman–Crippen MR) is 126 cm³/mol. The summed E-state index contributed by atoms with van der Waals surface area (Å²) in [6, 6.07) is 7.03. The van der Waals surface area contributed by atoms with Crippen LogP contribution in [0.25, 0.3) is 0 Å². The first-order valence-corrected chi connectivity index (χ1v) is 10.7. The maximum absolute atomic E-state index is 11.9. The summed E-state index contributed by atoms with van der Waals surface area (Å²) in [4.78, 5) is 34.1. The summed E-state index contributed by atoms with van der Waals surface area (Å²) in [6.45, 7) is 4.86. The van der Waals surface area contributed by atoms with Crippen LogP contribution in [0.1, 0.15) is 29.2 Å². The smallest absolute Gasteiger partial charge is 0.254 e. The van der Waals surface area contributed by atoms with Gasteiger partial charge in [-0.3, -0.25) is 14.3 Å². The third-order valence-corrected chi connectivity index (χ3v) is 5.53. The second kappa shape index (κ2) is 9.70. The molecule has 0 aliphatic carbocycles. The Bertz CT molecular complexity index is 1180. The number of anilines is 4. The minimum atomic E-state index is -0.651. The quantitative estimate of drug-likeness (QED) is 0.455. The number of hydrogen-bond acceptors (Lipinski definition) is 7. The Morgan fingerprint density at radius 3 is 2.70 bits per heavy atom. The number of aromatic nitrogens is 4. The monoisotopic (exact) mass is 466 g/mol. The second-order valence-electron chi connectivity index (χ2n) is 7.57. The van der Waals surface area contributed by atoms with Crippen LogP contribution >= 0.6 is 11.6 Å². The summed E-state index contributed by atoms with van der Waals surface area (Å²) in [7, 11) is 0. The molecule has 2 aromatic heterocycles. The average molecular weight is 467 g/mol. The molecule has 1 fully saturated rings. The van der Waals surface area contributed by atoms with Crippen LogP contribution in [0.2, 0.25) is 5.02 Å². The predicted octanol–water partition coefficient (Wildman–Crippen LogP) is 3.26. The van der Waals surface area contributed by atoms with Crippen molar-refractivity contribution in [3.05, 3.63) is 66.1 Å². The lowest BCUT2D eigenvalue weighted by molar-refractivity contribution is -0.127. The summed E-state index contributed by atoms with van der Waals surface area (Å²) in [5.74, 6) is -0.195. The summed E-state index contributed by atoms with van der Waals surface area (Å²) in [5.41, 5.74) is 6.99. The van der Waals surface area contributed by atoms with Crippen LogP contribution in [0, 0.1) is 0 Å². The van der Waals surface area contributed by atoms with Gasteiger partial charge in [-0.2, -0.15) is 10.1 Å². The molecule has 10 nitrogen and oxygen atoms in total. The number of nitrogens with two attached hydrogens (primary N) is 1. The van der Waals surface area contributed by atoms with E-state index in [0.29, 0.717) is 22.9 Å². The van der Waals surface area contributed by atoms with Crippen molar-refractivity contribution < 1.29 is 9.59 Å². The Morgan fingerprint density at radius 2 is 1.97 bits per heavy atom. The van der Waals surface area contributed by atoms with Crippen molar-refractivity contribution in [3.63, 3.8) is 0 Å². The van der Waals surface area contributed by atoms with Gasteiger partial charge in [-0.25, -0.2) is 4.98 Å². The zero-order valence-electron chi connectivity index (χ0n) is 17.7. The van der Waals surface area contributed by atoms with E-state index >= 15 is 0 Å². The van der Waals surface area contributed by atoms with Crippen LogP contribution < -0.4 is 16.4 Å². The molecule has 4 rings (SSSR count). The number of nitrogens with zero attached hydrogens (tertiary/aromatic N) is 5. The molecule has 3 aromatic rings. The Morgan fingerprint density at radius 1 is 1.18 bits per heavy atom. The highest BCUT2D eigenvalue weighted by molar-refractivity contribution is 6.30. The molecular weight excluding hydrogens is 444 g/mol. The molecule has 2 amide bonds. The molecule has 1 atom stereocenters. The number of primary amides is 1. The van der Waals surface area contributed by atoms with Crippen LogP contribution in [0.4, 0.5) is 23.1 Å². The van der Waals surface area contributed by atoms with E-state index in [1.165, 1.54) is 12.3 Å². The van der Waals surface area contributed by atoms with Crippen LogP contribution in [-0.4, -0.2) is 49.6 Å². The average Bonchev–Trinajstić information content (AvgIpc) is 3.28. The first-order valence-electron chi connectivity index (χ1n) is 10.3. The van der Waals surface area contributed by atoms with Gasteiger partial charge < -0.3 is 21.3 Å². The number of piperidine rings is 1. The molecule has 11 heteroatoms. The molecule has 1 aromatic carbocycles. The van der Waals surface area contributed by atoms with Gasteiger partial charge in [-0.05, 0) is 43.2 Å². The highest BCUT2D eigenvalue weighted by atomic mass is 35.5. The van der Waals surface area contributed by atoms with Crippen LogP contribution in [0.15, 0.2) is 55.5 Å². The van der Waals surface area contributed by atoms with Gasteiger partial charge in [0, 0.05) is 36.2 Å². The number of nitrogens with one attached hydrogen (secondary N) is 2. The number of likely N-dealkylation sites (tertiary alicyclic amines) is 1. The van der Waals surface area contributed by atoms with Crippen molar-refractivity contribution in [1.29, 1.82) is 0 Å². The Labute approximate surface area is 195 Å². The number of benzene rings is 1. The van der Waals surface area contributed by atoms with E-state index in [2.05, 4.69) is 32.3 Å². The Balaban J connectivity index is 1.50. The molecule has 0 spiro atoms. The zero-order valence-corrected chi connectivity index (χ0v) is 18.5. The van der Waals surface area contributed by atoms with Gasteiger partial charge in [0.25, 0.3) is 5.91 Å². The molecule has 4 N–H and O–H groups in total. The molecule has 0 bridgehead atoms. The molecule has 1 saturated heterocycles. The van der Waals surface area contributed by atoms with Crippen molar-refractivity contribution in [2.45, 2.75) is 18.9 Å². The van der Waals surface area contributed by atoms with Crippen LogP contribution in [-0.2, 0) is 4.79 Å². The van der Waals surface area contributed by atoms with Crippen LogP contribution in [0.5, 0.6) is 0 Å². The van der Waals surface area contributed by atoms with E-state index < -0.39 is 5.91 Å². The molecule has 1 aliphatic heterocycles. The van der Waals surface area contributed by atoms with Crippen molar-refractivity contribution in [2.24, 2.45) is 5.73 Å². The maximum Gasteiger partial charge on any atom is 0.254 e. The summed E-state index contributed by atoms with van der Waals surface area (Å²) in [6.07, 6.45) is 8.00. The first-order chi connectivity index (χ1) is 15.9. The van der Waals surface area contributed by atoms with Crippen LogP contribution in [0.3, 0.4) is 0 Å². The normalized spacial score (nSPS) is 15.7. The lowest BCUT2D eigenvalue weighted by atomic mass is 10.1. The van der Waals surface area contributed by atoms with E-state index in [1.54, 1.807) is 35.4 Å². The molecule has 0 radical (unpaired) electrons. The highest BCUT2D eigenvalue weighted by Crippen LogP contribution is 2.25. The van der Waals surface area contributed by atoms with E-state index in [0.717, 1.165) is 19.4 Å². The lowest BCUT2D eigenvalue weighted by Crippen LogP contribution is -2.39. The molecular formula is C22H23ClN8O2. The number of amides is 2. The molecule has 1 aliphatic rings. The van der Waals surface area contributed by atoms with Gasteiger partial charge in [-0.1, -0.05) is 18.2 Å². The number of rotatable bonds is 7. The molecule has 0 unspecified atom stereocenters. The fraction of sp³-hybridized carbons (Fsp3) is 0.227. The van der Waals surface area contributed by atoms with Crippen molar-refractivity contribution in [2.75, 3.05) is 23.7 Å². The SMILES string of the molecule is C=CC(=O)N1CCC[C@H](n2cc(Nc3ncc(C(N)=O)c(Nc4ccc(Cl)cc4)n3)cn2)C1. The number of carbonyl (C=O) groups excluding carboxylic acids is 2. The largest absolute Gasteiger partial charge is 0.365 e. The Kier molecular flexibility index (Phi) is 6.55. The minimum Gasteiger partial charge on any atom is -0.365 e. The summed E-state index contributed by atoms with van der Waals surface area (Å²) in [5, 5.41) is 11.2. The fourth-order valence-electron chi connectivity index (χ4n) is 3.62. The summed E-state index contributed by atoms with van der Waals surface area (Å²) < 4.78 is 1.83. The van der Waals surface area contributed by atoms with Gasteiger partial charge in [0.15, 0.2) is 0 Å². The third kappa shape index (κ3) is 5.29. The standard InChI is InChI=1S/C22H23ClN8O2/c1-2-19(32)30-9-3-4-17(13-30)31-12-16(10-26-31)28-22-25-11-18(20(24)33)21(29-22)27-15-7-5-14(23)6-8-15/h2,5-8,10-12,17H,1,3-4,9,13H2,(H2,24,33)(H2,25,27,28,29)/t17-/m0/s1. The van der Waals surface area contributed by atoms with Gasteiger partial charge in [0.2, 0.25) is 11.9 Å². The topological polar surface area (TPSA) is 131 Å². The van der Waals surface area contributed by atoms with E-state index in [9.17, 15) is 9.59 Å². The molecule has 170 valence electrons. The Hall–Kier alpha value is -3.92. The molecule has 33 heavy (non-hydrogen) atoms. The zero-order chi connectivity index (χ0) is 23.4. The lowest BCUT2D eigenvalue weighted by Gasteiger charge is -2.32. The highest BCUT2D eigenvalue weighted by Gasteiger charge is 2.24. The van der Waals surface area contributed by atoms with Crippen molar-refractivity contribution in [3.8, 4) is 0 Å². The first kappa shape index (κ1) is 22.3. The van der Waals surface area contributed by atoms with E-state index in [-0.39, 0.29) is 29.3 Å². The van der Waals surface area contributed by atoms with Gasteiger partial charge in [0.05, 0.1) is 17.9 Å². The van der Waals surface area contributed by atoms with Crippen molar-refractivity contribution in [1.82, 2.24) is 24.6 Å². The minimum absolute atomic E-state index is 0.0680. The number of halogens is 1. The van der Waals surface area contributed by atoms with Gasteiger partial charge in [0.1, 0.15) is 11.4 Å². The molecule has 3 heterocycles. The fourth-order valence-corrected chi connectivity index (χ4v) is 3.74. The number of carbonyl (C=O) groups is 2. The second-order valence-corrected chi connectivity index (χ2v) is 8.01. The maximum atomic E-state index is 11.9. The van der Waals surface area contributed by atoms with Crippen molar-refractivity contribution >= 4 is 46.6 Å². The van der Waals surface area contributed by atoms with Gasteiger partial charge >= 0.3 is 0 Å². The van der Waals surface area contributed by atoms with E-state index in [4.69, 9.17) is 17.3 Å². The summed E-state index contributed by atoms with van der Waals surface area (Å²) >= 11 is 5.93. The third-order valence-electron chi connectivity index (χ3n) is 5.28. The van der Waals surface area contributed by atoms with Gasteiger partial charge in [-0.15, -0.1) is 0 Å². The van der Waals surface area contributed by atoms with E-state index in [1.807, 2.05) is 10.9 Å². The number of hydrogen-bond donors (Lipinski definition) is 3. The molecule has 0 saturated carbocycles.